The van der Waals surface area contributed by atoms with Gasteiger partial charge in [-0.3, -0.25) is 0 Å². The molecule has 2 rings (SSSR count). The first-order valence-corrected chi connectivity index (χ1v) is 6.17. The summed E-state index contributed by atoms with van der Waals surface area (Å²) in [5.41, 5.74) is 2.80. The zero-order chi connectivity index (χ0) is 12.3. The van der Waals surface area contributed by atoms with Gasteiger partial charge in [0, 0.05) is 12.7 Å². The molecular weight excluding hydrogens is 214 g/mol. The van der Waals surface area contributed by atoms with Crippen molar-refractivity contribution >= 4 is 11.1 Å². The number of fused-ring (bicyclic) bond motifs is 1. The van der Waals surface area contributed by atoms with Crippen molar-refractivity contribution in [1.29, 1.82) is 0 Å². The number of hydrogen-bond donors (Lipinski definition) is 1. The Balaban J connectivity index is 2.25. The minimum absolute atomic E-state index is 0.358. The average molecular weight is 233 g/mol. The quantitative estimate of drug-likeness (QED) is 0.807. The van der Waals surface area contributed by atoms with Gasteiger partial charge < -0.3 is 9.84 Å². The van der Waals surface area contributed by atoms with E-state index in [2.05, 4.69) is 42.3 Å². The van der Waals surface area contributed by atoms with Crippen LogP contribution in [0.5, 0.6) is 0 Å². The molecule has 0 spiro atoms. The van der Waals surface area contributed by atoms with Gasteiger partial charge in [0.1, 0.15) is 0 Å². The van der Waals surface area contributed by atoms with Crippen molar-refractivity contribution in [1.82, 2.24) is 15.5 Å². The van der Waals surface area contributed by atoms with E-state index < -0.39 is 0 Å². The lowest BCUT2D eigenvalue weighted by Crippen LogP contribution is -2.13. The molecule has 0 radical (unpaired) electrons. The summed E-state index contributed by atoms with van der Waals surface area (Å²) in [5, 5.41) is 8.48. The number of nitrogens with one attached hydrogen (secondary N) is 1. The molecule has 4 heteroatoms. The predicted octanol–water partition coefficient (Wildman–Crippen LogP) is 2.85. The second-order valence-corrected chi connectivity index (χ2v) is 4.60. The third-order valence-corrected chi connectivity index (χ3v) is 2.72. The lowest BCUT2D eigenvalue weighted by Gasteiger charge is -2.03. The molecule has 2 aromatic heterocycles. The summed E-state index contributed by atoms with van der Waals surface area (Å²) in [5.74, 6) is 0.358. The summed E-state index contributed by atoms with van der Waals surface area (Å²) in [7, 11) is 0. The highest BCUT2D eigenvalue weighted by molar-refractivity contribution is 5.76. The number of nitrogens with zero attached hydrogens (tertiary/aromatic N) is 2. The van der Waals surface area contributed by atoms with Crippen LogP contribution >= 0.6 is 0 Å². The van der Waals surface area contributed by atoms with Crippen LogP contribution in [-0.2, 0) is 6.54 Å². The van der Waals surface area contributed by atoms with Gasteiger partial charge >= 0.3 is 0 Å². The van der Waals surface area contributed by atoms with Gasteiger partial charge in [0.25, 0.3) is 5.71 Å². The summed E-state index contributed by atoms with van der Waals surface area (Å²) in [6, 6.07) is 2.12. The van der Waals surface area contributed by atoms with E-state index >= 15 is 0 Å². The van der Waals surface area contributed by atoms with E-state index in [1.54, 1.807) is 0 Å². The highest BCUT2D eigenvalue weighted by Gasteiger charge is 2.12. The lowest BCUT2D eigenvalue weighted by molar-refractivity contribution is 0.434. The largest absolute Gasteiger partial charge is 0.336 e. The van der Waals surface area contributed by atoms with Crippen molar-refractivity contribution in [2.24, 2.45) is 0 Å². The number of hydrogen-bond acceptors (Lipinski definition) is 4. The Labute approximate surface area is 101 Å². The standard InChI is InChI=1S/C13H19N3O/c1-4-5-14-7-10-6-11-12(9(2)3)16-17-13(11)15-8-10/h6,8-9,14H,4-5,7H2,1-3H3. The Morgan fingerprint density at radius 3 is 2.94 bits per heavy atom. The van der Waals surface area contributed by atoms with Gasteiger partial charge in [-0.05, 0) is 30.5 Å². The third kappa shape index (κ3) is 2.64. The van der Waals surface area contributed by atoms with E-state index in [9.17, 15) is 0 Å². The van der Waals surface area contributed by atoms with E-state index in [0.717, 1.165) is 30.6 Å². The van der Waals surface area contributed by atoms with Gasteiger partial charge in [0.2, 0.25) is 0 Å². The zero-order valence-electron chi connectivity index (χ0n) is 10.7. The molecule has 2 heterocycles. The maximum Gasteiger partial charge on any atom is 0.257 e. The molecule has 92 valence electrons. The maximum atomic E-state index is 5.21. The highest BCUT2D eigenvalue weighted by Crippen LogP contribution is 2.23. The summed E-state index contributed by atoms with van der Waals surface area (Å²) in [4.78, 5) is 4.29. The predicted molar refractivity (Wildman–Crippen MR) is 67.9 cm³/mol. The molecule has 0 aliphatic carbocycles. The summed E-state index contributed by atoms with van der Waals surface area (Å²) in [6.45, 7) is 8.25. The molecule has 1 N–H and O–H groups in total. The summed E-state index contributed by atoms with van der Waals surface area (Å²) < 4.78 is 5.21. The van der Waals surface area contributed by atoms with Crippen LogP contribution < -0.4 is 5.32 Å². The van der Waals surface area contributed by atoms with Crippen molar-refractivity contribution in [3.63, 3.8) is 0 Å². The Bertz CT molecular complexity index is 490. The van der Waals surface area contributed by atoms with Crippen molar-refractivity contribution in [3.8, 4) is 0 Å². The monoisotopic (exact) mass is 233 g/mol. The zero-order valence-corrected chi connectivity index (χ0v) is 10.7. The first-order chi connectivity index (χ1) is 8.22. The minimum atomic E-state index is 0.358. The Kier molecular flexibility index (Phi) is 3.74. The summed E-state index contributed by atoms with van der Waals surface area (Å²) >= 11 is 0. The van der Waals surface area contributed by atoms with Crippen molar-refractivity contribution in [2.75, 3.05) is 6.54 Å². The van der Waals surface area contributed by atoms with Crippen molar-refractivity contribution in [3.05, 3.63) is 23.5 Å². The molecule has 17 heavy (non-hydrogen) atoms. The highest BCUT2D eigenvalue weighted by atomic mass is 16.5. The molecule has 0 saturated heterocycles. The molecule has 0 bridgehead atoms. The fourth-order valence-electron chi connectivity index (χ4n) is 1.82. The molecule has 4 nitrogen and oxygen atoms in total. The van der Waals surface area contributed by atoms with E-state index in [1.165, 1.54) is 5.56 Å². The van der Waals surface area contributed by atoms with Crippen LogP contribution in [0.25, 0.3) is 11.1 Å². The van der Waals surface area contributed by atoms with E-state index in [-0.39, 0.29) is 0 Å². The van der Waals surface area contributed by atoms with Gasteiger partial charge in [0.05, 0.1) is 11.1 Å². The number of aromatic nitrogens is 2. The molecule has 0 aromatic carbocycles. The van der Waals surface area contributed by atoms with Crippen LogP contribution in [0.15, 0.2) is 16.8 Å². The molecular formula is C13H19N3O. The van der Waals surface area contributed by atoms with Gasteiger partial charge in [-0.25, -0.2) is 4.98 Å². The van der Waals surface area contributed by atoms with Crippen molar-refractivity contribution < 1.29 is 4.52 Å². The smallest absolute Gasteiger partial charge is 0.257 e. The topological polar surface area (TPSA) is 51.0 Å². The van der Waals surface area contributed by atoms with E-state index in [1.807, 2.05) is 6.20 Å². The first kappa shape index (κ1) is 12.0. The number of rotatable bonds is 5. The molecule has 0 unspecified atom stereocenters. The Morgan fingerprint density at radius 2 is 2.24 bits per heavy atom. The molecule has 0 aliphatic rings. The van der Waals surface area contributed by atoms with E-state index in [0.29, 0.717) is 11.6 Å². The average Bonchev–Trinajstić information content (AvgIpc) is 2.72. The Morgan fingerprint density at radius 1 is 1.41 bits per heavy atom. The van der Waals surface area contributed by atoms with Crippen LogP contribution in [0.3, 0.4) is 0 Å². The van der Waals surface area contributed by atoms with Gasteiger partial charge in [-0.2, -0.15) is 0 Å². The second kappa shape index (κ2) is 5.27. The maximum absolute atomic E-state index is 5.21. The minimum Gasteiger partial charge on any atom is -0.336 e. The summed E-state index contributed by atoms with van der Waals surface area (Å²) in [6.07, 6.45) is 2.99. The van der Waals surface area contributed by atoms with Gasteiger partial charge in [-0.1, -0.05) is 25.9 Å². The second-order valence-electron chi connectivity index (χ2n) is 4.60. The van der Waals surface area contributed by atoms with Crippen LogP contribution in [0.1, 0.15) is 44.4 Å². The fourth-order valence-corrected chi connectivity index (χ4v) is 1.82. The first-order valence-electron chi connectivity index (χ1n) is 6.17. The van der Waals surface area contributed by atoms with Crippen LogP contribution in [-0.4, -0.2) is 16.7 Å². The molecule has 0 fully saturated rings. The fraction of sp³-hybridized carbons (Fsp3) is 0.538. The molecule has 0 aliphatic heterocycles. The lowest BCUT2D eigenvalue weighted by atomic mass is 10.1. The van der Waals surface area contributed by atoms with Crippen LogP contribution in [0.4, 0.5) is 0 Å². The molecule has 0 atom stereocenters. The van der Waals surface area contributed by atoms with Crippen molar-refractivity contribution in [2.45, 2.75) is 39.7 Å². The molecule has 2 aromatic rings. The van der Waals surface area contributed by atoms with Crippen LogP contribution in [0, 0.1) is 0 Å². The normalized spacial score (nSPS) is 11.5. The van der Waals surface area contributed by atoms with Crippen LogP contribution in [0.2, 0.25) is 0 Å². The van der Waals surface area contributed by atoms with Gasteiger partial charge in [0.15, 0.2) is 0 Å². The molecule has 0 saturated carbocycles. The third-order valence-electron chi connectivity index (χ3n) is 2.72. The Hall–Kier alpha value is -1.42. The number of pyridine rings is 1. The van der Waals surface area contributed by atoms with Gasteiger partial charge in [-0.15, -0.1) is 0 Å². The molecule has 0 amide bonds. The SMILES string of the molecule is CCCNCc1cnc2onc(C(C)C)c2c1. The van der Waals surface area contributed by atoms with E-state index in [4.69, 9.17) is 4.52 Å².